The summed E-state index contributed by atoms with van der Waals surface area (Å²) in [5.41, 5.74) is -1.61. The number of halogens is 1. The molecule has 84 valence electrons. The van der Waals surface area contributed by atoms with E-state index in [0.717, 1.165) is 0 Å². The fourth-order valence-electron chi connectivity index (χ4n) is 2.06. The Balaban J connectivity index is 2.24. The Hall–Kier alpha value is -2.16. The molecule has 3 heteroatoms. The molecule has 17 heavy (non-hydrogen) atoms. The van der Waals surface area contributed by atoms with E-state index < -0.39 is 11.6 Å². The van der Waals surface area contributed by atoms with Crippen LogP contribution in [0.25, 0.3) is 0 Å². The van der Waals surface area contributed by atoms with Crippen molar-refractivity contribution in [3.05, 3.63) is 65.7 Å². The molecule has 0 saturated carbocycles. The predicted molar refractivity (Wildman–Crippen MR) is 60.4 cm³/mol. The smallest absolute Gasteiger partial charge is 0.358 e. The van der Waals surface area contributed by atoms with Crippen LogP contribution in [0.4, 0.5) is 4.39 Å². The Bertz CT molecular complexity index is 580. The van der Waals surface area contributed by atoms with Crippen LogP contribution in [0, 0.1) is 0 Å². The summed E-state index contributed by atoms with van der Waals surface area (Å²) in [6.45, 7) is 0. The molecule has 1 unspecified atom stereocenters. The van der Waals surface area contributed by atoms with E-state index in [9.17, 15) is 9.18 Å². The van der Waals surface area contributed by atoms with E-state index in [-0.39, 0.29) is 5.56 Å². The van der Waals surface area contributed by atoms with Crippen molar-refractivity contribution in [1.82, 2.24) is 0 Å². The molecule has 0 aliphatic carbocycles. The number of rotatable bonds is 1. The molecule has 1 aliphatic rings. The Labute approximate surface area is 97.7 Å². The molecule has 0 radical (unpaired) electrons. The molecule has 3 rings (SSSR count). The van der Waals surface area contributed by atoms with Crippen LogP contribution in [-0.2, 0) is 10.5 Å². The lowest BCUT2D eigenvalue weighted by atomic mass is 9.89. The molecule has 0 saturated heterocycles. The second-order valence-electron chi connectivity index (χ2n) is 3.91. The van der Waals surface area contributed by atoms with Crippen LogP contribution in [0.2, 0.25) is 0 Å². The van der Waals surface area contributed by atoms with E-state index in [2.05, 4.69) is 0 Å². The second-order valence-corrected chi connectivity index (χ2v) is 3.91. The van der Waals surface area contributed by atoms with E-state index in [4.69, 9.17) is 4.74 Å². The molecule has 0 aromatic heterocycles. The Morgan fingerprint density at radius 3 is 2.35 bits per heavy atom. The summed E-state index contributed by atoms with van der Waals surface area (Å²) in [6.07, 6.45) is 0. The van der Waals surface area contributed by atoms with Gasteiger partial charge in [-0.15, -0.1) is 0 Å². The topological polar surface area (TPSA) is 26.3 Å². The summed E-state index contributed by atoms with van der Waals surface area (Å²) < 4.78 is 19.9. The zero-order valence-corrected chi connectivity index (χ0v) is 8.89. The van der Waals surface area contributed by atoms with E-state index >= 15 is 0 Å². The SMILES string of the molecule is O=C1Oc2ccccc2C1(F)c1ccccc1. The molecule has 1 aliphatic heterocycles. The maximum absolute atomic E-state index is 15.0. The number of carbonyl (C=O) groups excluding carboxylic acids is 1. The first-order valence-corrected chi connectivity index (χ1v) is 5.29. The van der Waals surface area contributed by atoms with Crippen molar-refractivity contribution < 1.29 is 13.9 Å². The van der Waals surface area contributed by atoms with Gasteiger partial charge in [-0.3, -0.25) is 0 Å². The molecule has 0 amide bonds. The van der Waals surface area contributed by atoms with Crippen LogP contribution in [0.1, 0.15) is 11.1 Å². The summed E-state index contributed by atoms with van der Waals surface area (Å²) in [6, 6.07) is 14.9. The lowest BCUT2D eigenvalue weighted by molar-refractivity contribution is -0.142. The van der Waals surface area contributed by atoms with Crippen molar-refractivity contribution in [3.8, 4) is 5.75 Å². The van der Waals surface area contributed by atoms with Crippen LogP contribution in [0.15, 0.2) is 54.6 Å². The van der Waals surface area contributed by atoms with Gasteiger partial charge >= 0.3 is 5.97 Å². The number of ether oxygens (including phenoxy) is 1. The van der Waals surface area contributed by atoms with Crippen molar-refractivity contribution in [2.75, 3.05) is 0 Å². The molecule has 0 bridgehead atoms. The summed E-state index contributed by atoms with van der Waals surface area (Å²) >= 11 is 0. The summed E-state index contributed by atoms with van der Waals surface area (Å²) in [4.78, 5) is 11.8. The van der Waals surface area contributed by atoms with Gasteiger partial charge in [0.1, 0.15) is 5.75 Å². The van der Waals surface area contributed by atoms with E-state index in [1.54, 1.807) is 54.6 Å². The van der Waals surface area contributed by atoms with Crippen LogP contribution in [-0.4, -0.2) is 5.97 Å². The molecule has 2 nitrogen and oxygen atoms in total. The zero-order chi connectivity index (χ0) is 11.9. The van der Waals surface area contributed by atoms with Crippen molar-refractivity contribution in [2.24, 2.45) is 0 Å². The Morgan fingerprint density at radius 1 is 0.941 bits per heavy atom. The van der Waals surface area contributed by atoms with Gasteiger partial charge in [-0.05, 0) is 6.07 Å². The van der Waals surface area contributed by atoms with Gasteiger partial charge in [-0.25, -0.2) is 9.18 Å². The summed E-state index contributed by atoms with van der Waals surface area (Å²) in [5.74, 6) is -0.575. The average Bonchev–Trinajstić information content (AvgIpc) is 2.64. The first kappa shape index (κ1) is 10.0. The van der Waals surface area contributed by atoms with E-state index in [1.165, 1.54) is 0 Å². The highest BCUT2D eigenvalue weighted by atomic mass is 19.1. The van der Waals surface area contributed by atoms with Gasteiger partial charge in [-0.1, -0.05) is 48.5 Å². The third-order valence-corrected chi connectivity index (χ3v) is 2.91. The molecule has 2 aromatic carbocycles. The monoisotopic (exact) mass is 228 g/mol. The van der Waals surface area contributed by atoms with Gasteiger partial charge < -0.3 is 4.74 Å². The Morgan fingerprint density at radius 2 is 1.59 bits per heavy atom. The fraction of sp³-hybridized carbons (Fsp3) is 0.0714. The van der Waals surface area contributed by atoms with Crippen molar-refractivity contribution >= 4 is 5.97 Å². The van der Waals surface area contributed by atoms with Crippen molar-refractivity contribution in [2.45, 2.75) is 5.67 Å². The second kappa shape index (κ2) is 3.42. The Kier molecular flexibility index (Phi) is 2.01. The zero-order valence-electron chi connectivity index (χ0n) is 8.89. The van der Waals surface area contributed by atoms with E-state index in [1.807, 2.05) is 0 Å². The molecule has 0 fully saturated rings. The van der Waals surface area contributed by atoms with Crippen molar-refractivity contribution in [1.29, 1.82) is 0 Å². The first-order chi connectivity index (χ1) is 8.23. The molecule has 1 heterocycles. The number of benzene rings is 2. The minimum absolute atomic E-state index is 0.274. The number of hydrogen-bond donors (Lipinski definition) is 0. The van der Waals surface area contributed by atoms with Crippen molar-refractivity contribution in [3.63, 3.8) is 0 Å². The van der Waals surface area contributed by atoms with Gasteiger partial charge in [0.2, 0.25) is 0 Å². The number of carbonyl (C=O) groups is 1. The molecule has 0 spiro atoms. The van der Waals surface area contributed by atoms with Gasteiger partial charge in [-0.2, -0.15) is 0 Å². The minimum Gasteiger partial charge on any atom is -0.423 e. The van der Waals surface area contributed by atoms with Gasteiger partial charge in [0.15, 0.2) is 0 Å². The molecular formula is C14H9FO2. The van der Waals surface area contributed by atoms with Gasteiger partial charge in [0.25, 0.3) is 5.67 Å². The highest BCUT2D eigenvalue weighted by molar-refractivity contribution is 5.92. The number of fused-ring (bicyclic) bond motifs is 1. The predicted octanol–water partition coefficient (Wildman–Crippen LogP) is 2.82. The molecular weight excluding hydrogens is 219 g/mol. The highest BCUT2D eigenvalue weighted by Crippen LogP contribution is 2.45. The number of hydrogen-bond acceptors (Lipinski definition) is 2. The number of para-hydroxylation sites is 1. The standard InChI is InChI=1S/C14H9FO2/c15-14(10-6-2-1-3-7-10)11-8-4-5-9-12(11)17-13(14)16/h1-9H. The number of esters is 1. The quantitative estimate of drug-likeness (QED) is 0.554. The number of alkyl halides is 1. The lowest BCUT2D eigenvalue weighted by Gasteiger charge is -2.16. The summed E-state index contributed by atoms with van der Waals surface area (Å²) in [7, 11) is 0. The molecule has 0 N–H and O–H groups in total. The van der Waals surface area contributed by atoms with Gasteiger partial charge in [0.05, 0.1) is 0 Å². The summed E-state index contributed by atoms with van der Waals surface area (Å²) in [5, 5.41) is 0. The van der Waals surface area contributed by atoms with Crippen LogP contribution in [0.3, 0.4) is 0 Å². The van der Waals surface area contributed by atoms with Gasteiger partial charge in [0, 0.05) is 11.1 Å². The largest absolute Gasteiger partial charge is 0.423 e. The molecule has 2 aromatic rings. The first-order valence-electron chi connectivity index (χ1n) is 5.29. The average molecular weight is 228 g/mol. The third-order valence-electron chi connectivity index (χ3n) is 2.91. The maximum atomic E-state index is 15.0. The molecule has 1 atom stereocenters. The van der Waals surface area contributed by atoms with Crippen LogP contribution < -0.4 is 4.74 Å². The minimum atomic E-state index is -2.18. The maximum Gasteiger partial charge on any atom is 0.358 e. The highest BCUT2D eigenvalue weighted by Gasteiger charge is 2.51. The van der Waals surface area contributed by atoms with Crippen LogP contribution >= 0.6 is 0 Å². The van der Waals surface area contributed by atoms with Crippen LogP contribution in [0.5, 0.6) is 5.75 Å². The lowest BCUT2D eigenvalue weighted by Crippen LogP contribution is -2.29. The fourth-order valence-corrected chi connectivity index (χ4v) is 2.06. The van der Waals surface area contributed by atoms with E-state index in [0.29, 0.717) is 11.3 Å². The third kappa shape index (κ3) is 1.29. The normalized spacial score (nSPS) is 22.1.